The number of nitrogens with one attached hydrogen (secondary N) is 2. The van der Waals surface area contributed by atoms with Crippen LogP contribution >= 0.6 is 24.0 Å². The average molecular weight is 572 g/mol. The number of methoxy groups -OCH3 is 2. The quantitative estimate of drug-likeness (QED) is 0.272. The summed E-state index contributed by atoms with van der Waals surface area (Å²) in [5.74, 6) is 1.84. The van der Waals surface area contributed by atoms with Crippen molar-refractivity contribution in [3.63, 3.8) is 0 Å². The van der Waals surface area contributed by atoms with Crippen LogP contribution in [0.15, 0.2) is 47.5 Å². The fourth-order valence-corrected chi connectivity index (χ4v) is 3.75. The van der Waals surface area contributed by atoms with E-state index in [0.29, 0.717) is 43.8 Å². The minimum atomic E-state index is -0.227. The number of hydrogen-bond donors (Lipinski definition) is 2. The second-order valence-corrected chi connectivity index (χ2v) is 7.48. The molecule has 1 unspecified atom stereocenters. The number of guanidine groups is 1. The largest absolute Gasteiger partial charge is 0.493 e. The van der Waals surface area contributed by atoms with Gasteiger partial charge in [-0.25, -0.2) is 9.38 Å². The molecule has 0 bridgehead atoms. The Morgan fingerprint density at radius 1 is 1.09 bits per heavy atom. The van der Waals surface area contributed by atoms with Crippen LogP contribution in [0.4, 0.5) is 4.39 Å². The van der Waals surface area contributed by atoms with Crippen molar-refractivity contribution in [1.82, 2.24) is 15.5 Å². The number of benzene rings is 2. The molecule has 0 saturated carbocycles. The zero-order chi connectivity index (χ0) is 22.8. The Balaban J connectivity index is 0.00000385. The highest BCUT2D eigenvalue weighted by atomic mass is 127. The highest BCUT2D eigenvalue weighted by molar-refractivity contribution is 14.0. The van der Waals surface area contributed by atoms with Crippen molar-refractivity contribution in [3.8, 4) is 11.5 Å². The van der Waals surface area contributed by atoms with E-state index in [0.717, 1.165) is 30.8 Å². The number of halogens is 2. The molecular weight excluding hydrogens is 538 g/mol. The second kappa shape index (κ2) is 14.2. The number of morpholine rings is 1. The molecule has 2 N–H and O–H groups in total. The lowest BCUT2D eigenvalue weighted by Crippen LogP contribution is -2.46. The van der Waals surface area contributed by atoms with Crippen LogP contribution in [0.2, 0.25) is 0 Å². The summed E-state index contributed by atoms with van der Waals surface area (Å²) in [5.41, 5.74) is 1.95. The van der Waals surface area contributed by atoms with Crippen molar-refractivity contribution in [3.05, 3.63) is 59.4 Å². The Morgan fingerprint density at radius 3 is 2.52 bits per heavy atom. The monoisotopic (exact) mass is 572 g/mol. The zero-order valence-corrected chi connectivity index (χ0v) is 21.8. The summed E-state index contributed by atoms with van der Waals surface area (Å²) in [5, 5.41) is 6.73. The van der Waals surface area contributed by atoms with Gasteiger partial charge in [-0.1, -0.05) is 18.2 Å². The van der Waals surface area contributed by atoms with E-state index in [1.807, 2.05) is 31.2 Å². The van der Waals surface area contributed by atoms with E-state index >= 15 is 0 Å². The van der Waals surface area contributed by atoms with E-state index in [2.05, 4.69) is 15.5 Å². The van der Waals surface area contributed by atoms with Gasteiger partial charge < -0.3 is 24.8 Å². The standard InChI is InChI=1S/C24H33FN4O3.HI/c1-4-26-24(27-16-18-8-9-22(30-2)23(14-18)31-3)28-17-21(29-10-12-32-13-11-29)19-6-5-7-20(25)15-19;/h5-9,14-15,21H,4,10-13,16-17H2,1-3H3,(H2,26,27,28);1H. The van der Waals surface area contributed by atoms with Crippen LogP contribution in [-0.2, 0) is 11.3 Å². The molecule has 2 aromatic rings. The third-order valence-electron chi connectivity index (χ3n) is 5.39. The van der Waals surface area contributed by atoms with Gasteiger partial charge in [-0.3, -0.25) is 4.90 Å². The summed E-state index contributed by atoms with van der Waals surface area (Å²) in [6.45, 7) is 6.82. The number of aliphatic imine (C=N–C) groups is 1. The molecule has 2 aromatic carbocycles. The molecule has 182 valence electrons. The SMILES string of the molecule is CCNC(=NCc1ccc(OC)c(OC)c1)NCC(c1cccc(F)c1)N1CCOCC1.I. The number of hydrogen-bond acceptors (Lipinski definition) is 5. The number of ether oxygens (including phenoxy) is 3. The molecule has 1 aliphatic rings. The van der Waals surface area contributed by atoms with Gasteiger partial charge in [0.25, 0.3) is 0 Å². The molecule has 0 spiro atoms. The fourth-order valence-electron chi connectivity index (χ4n) is 3.75. The normalized spacial score (nSPS) is 15.3. The lowest BCUT2D eigenvalue weighted by atomic mass is 10.0. The van der Waals surface area contributed by atoms with Gasteiger partial charge in [-0.2, -0.15) is 0 Å². The molecule has 0 aliphatic carbocycles. The van der Waals surface area contributed by atoms with Gasteiger partial charge in [-0.15, -0.1) is 24.0 Å². The first kappa shape index (κ1) is 27.1. The molecule has 1 aliphatic heterocycles. The highest BCUT2D eigenvalue weighted by Crippen LogP contribution is 2.27. The van der Waals surface area contributed by atoms with E-state index in [-0.39, 0.29) is 35.8 Å². The number of rotatable bonds is 9. The average Bonchev–Trinajstić information content (AvgIpc) is 2.83. The van der Waals surface area contributed by atoms with Crippen LogP contribution in [0.1, 0.15) is 24.1 Å². The molecule has 9 heteroatoms. The molecule has 0 radical (unpaired) electrons. The topological polar surface area (TPSA) is 67.4 Å². The Kier molecular flexibility index (Phi) is 11.7. The van der Waals surface area contributed by atoms with Gasteiger partial charge in [0, 0.05) is 26.2 Å². The Labute approximate surface area is 212 Å². The molecule has 0 amide bonds. The van der Waals surface area contributed by atoms with Crippen molar-refractivity contribution in [2.45, 2.75) is 19.5 Å². The third kappa shape index (κ3) is 8.01. The van der Waals surface area contributed by atoms with E-state index < -0.39 is 0 Å². The minimum Gasteiger partial charge on any atom is -0.493 e. The van der Waals surface area contributed by atoms with Crippen LogP contribution in [0.25, 0.3) is 0 Å². The van der Waals surface area contributed by atoms with E-state index in [9.17, 15) is 4.39 Å². The summed E-state index contributed by atoms with van der Waals surface area (Å²) in [4.78, 5) is 7.05. The smallest absolute Gasteiger partial charge is 0.191 e. The maximum absolute atomic E-state index is 13.9. The minimum absolute atomic E-state index is 0. The van der Waals surface area contributed by atoms with Gasteiger partial charge in [0.1, 0.15) is 5.82 Å². The second-order valence-electron chi connectivity index (χ2n) is 7.48. The summed E-state index contributed by atoms with van der Waals surface area (Å²) in [6, 6.07) is 12.6. The highest BCUT2D eigenvalue weighted by Gasteiger charge is 2.23. The zero-order valence-electron chi connectivity index (χ0n) is 19.5. The first-order valence-corrected chi connectivity index (χ1v) is 10.9. The summed E-state index contributed by atoms with van der Waals surface area (Å²) in [6.07, 6.45) is 0. The van der Waals surface area contributed by atoms with Crippen molar-refractivity contribution in [2.24, 2.45) is 4.99 Å². The maximum atomic E-state index is 13.9. The summed E-state index contributed by atoms with van der Waals surface area (Å²) >= 11 is 0. The van der Waals surface area contributed by atoms with Crippen molar-refractivity contribution >= 4 is 29.9 Å². The summed E-state index contributed by atoms with van der Waals surface area (Å²) < 4.78 is 30.1. The molecule has 1 atom stereocenters. The van der Waals surface area contributed by atoms with E-state index in [4.69, 9.17) is 19.2 Å². The third-order valence-corrected chi connectivity index (χ3v) is 5.39. The first-order valence-electron chi connectivity index (χ1n) is 10.9. The molecular formula is C24H34FIN4O3. The molecule has 1 heterocycles. The number of nitrogens with zero attached hydrogens (tertiary/aromatic N) is 2. The van der Waals surface area contributed by atoms with Gasteiger partial charge in [0.15, 0.2) is 17.5 Å². The van der Waals surface area contributed by atoms with Gasteiger partial charge in [0.2, 0.25) is 0 Å². The molecule has 33 heavy (non-hydrogen) atoms. The Hall–Kier alpha value is -2.11. The van der Waals surface area contributed by atoms with E-state index in [1.54, 1.807) is 26.4 Å². The van der Waals surface area contributed by atoms with Gasteiger partial charge in [-0.05, 0) is 42.3 Å². The van der Waals surface area contributed by atoms with E-state index in [1.165, 1.54) is 6.07 Å². The molecule has 3 rings (SSSR count). The van der Waals surface area contributed by atoms with Crippen LogP contribution < -0.4 is 20.1 Å². The lowest BCUT2D eigenvalue weighted by molar-refractivity contribution is 0.0169. The predicted molar refractivity (Wildman–Crippen MR) is 139 cm³/mol. The summed E-state index contributed by atoms with van der Waals surface area (Å²) in [7, 11) is 3.24. The van der Waals surface area contributed by atoms with Crippen molar-refractivity contribution < 1.29 is 18.6 Å². The Morgan fingerprint density at radius 2 is 1.85 bits per heavy atom. The van der Waals surface area contributed by atoms with Gasteiger partial charge >= 0.3 is 0 Å². The predicted octanol–water partition coefficient (Wildman–Crippen LogP) is 3.59. The van der Waals surface area contributed by atoms with Crippen molar-refractivity contribution in [2.75, 3.05) is 53.6 Å². The van der Waals surface area contributed by atoms with Crippen LogP contribution in [0.3, 0.4) is 0 Å². The van der Waals surface area contributed by atoms with Crippen LogP contribution in [0, 0.1) is 5.82 Å². The van der Waals surface area contributed by atoms with Crippen molar-refractivity contribution in [1.29, 1.82) is 0 Å². The fraction of sp³-hybridized carbons (Fsp3) is 0.458. The van der Waals surface area contributed by atoms with Gasteiger partial charge in [0.05, 0.1) is 40.0 Å². The maximum Gasteiger partial charge on any atom is 0.191 e. The molecule has 1 fully saturated rings. The van der Waals surface area contributed by atoms with Crippen LogP contribution in [0.5, 0.6) is 11.5 Å². The van der Waals surface area contributed by atoms with Crippen LogP contribution in [-0.4, -0.2) is 64.5 Å². The molecule has 1 saturated heterocycles. The molecule has 7 nitrogen and oxygen atoms in total. The lowest BCUT2D eigenvalue weighted by Gasteiger charge is -2.35. The Bertz CT molecular complexity index is 894. The molecule has 0 aromatic heterocycles. The first-order chi connectivity index (χ1) is 15.6.